The minimum atomic E-state index is -0.0593. The smallest absolute Gasteiger partial charge is 0.321 e. The Labute approximate surface area is 208 Å². The molecule has 0 spiro atoms. The molecule has 0 saturated carbocycles. The second-order valence-electron chi connectivity index (χ2n) is 9.02. The number of nitrogens with one attached hydrogen (secondary N) is 1. The molecule has 3 heterocycles. The van der Waals surface area contributed by atoms with Gasteiger partial charge in [-0.1, -0.05) is 48.0 Å². The van der Waals surface area contributed by atoms with Crippen molar-refractivity contribution >= 4 is 61.8 Å². The van der Waals surface area contributed by atoms with Gasteiger partial charge in [-0.25, -0.2) is 9.78 Å². The molecule has 0 radical (unpaired) electrons. The second kappa shape index (κ2) is 8.78. The van der Waals surface area contributed by atoms with Crippen LogP contribution in [0.2, 0.25) is 5.02 Å². The number of pyridine rings is 1. The van der Waals surface area contributed by atoms with Gasteiger partial charge in [0.25, 0.3) is 0 Å². The number of para-hydroxylation sites is 2. The molecule has 5 aromatic rings. The number of carbonyl (C=O) groups is 1. The fraction of sp³-hybridized carbons (Fsp3) is 0.214. The molecule has 35 heavy (non-hydrogen) atoms. The molecular weight excluding hydrogens is 458 g/mol. The van der Waals surface area contributed by atoms with Gasteiger partial charge in [-0.05, 0) is 42.8 Å². The van der Waals surface area contributed by atoms with Crippen LogP contribution in [0, 0.1) is 0 Å². The zero-order valence-corrected chi connectivity index (χ0v) is 20.3. The Morgan fingerprint density at radius 1 is 0.914 bits per heavy atom. The standard InChI is InChI=1S/C28H26ClN5O/c1-32-24-11-6-5-10-21(24)25-26(22-18-19(29)12-13-23(22)31-27(25)32)33-14-7-15-34(17-16-33)28(35)30-20-8-3-2-4-9-20/h2-6,8-13,18H,7,14-17H2,1H3,(H,30,35). The number of carbonyl (C=O) groups excluding carboxylic acids is 1. The predicted octanol–water partition coefficient (Wildman–Crippen LogP) is 6.28. The van der Waals surface area contributed by atoms with E-state index in [-0.39, 0.29) is 6.03 Å². The van der Waals surface area contributed by atoms with Crippen molar-refractivity contribution in [2.24, 2.45) is 7.05 Å². The molecular formula is C28H26ClN5O. The molecule has 3 aromatic carbocycles. The van der Waals surface area contributed by atoms with Crippen LogP contribution >= 0.6 is 11.6 Å². The van der Waals surface area contributed by atoms with Gasteiger partial charge in [0.1, 0.15) is 5.65 Å². The summed E-state index contributed by atoms with van der Waals surface area (Å²) >= 11 is 6.47. The van der Waals surface area contributed by atoms with Gasteiger partial charge in [-0.2, -0.15) is 0 Å². The van der Waals surface area contributed by atoms with Gasteiger partial charge < -0.3 is 19.7 Å². The normalized spacial score (nSPS) is 14.6. The number of fused-ring (bicyclic) bond motifs is 4. The van der Waals surface area contributed by atoms with Crippen molar-refractivity contribution in [3.8, 4) is 0 Å². The van der Waals surface area contributed by atoms with Crippen molar-refractivity contribution in [1.29, 1.82) is 0 Å². The Morgan fingerprint density at radius 2 is 1.71 bits per heavy atom. The van der Waals surface area contributed by atoms with E-state index in [0.29, 0.717) is 18.1 Å². The number of nitrogens with zero attached hydrogens (tertiary/aromatic N) is 4. The molecule has 176 valence electrons. The van der Waals surface area contributed by atoms with Crippen LogP contribution in [0.4, 0.5) is 16.2 Å². The van der Waals surface area contributed by atoms with E-state index in [1.54, 1.807) is 0 Å². The van der Waals surface area contributed by atoms with E-state index in [0.717, 1.165) is 58.3 Å². The van der Waals surface area contributed by atoms with Crippen molar-refractivity contribution in [3.05, 3.63) is 77.8 Å². The van der Waals surface area contributed by atoms with Gasteiger partial charge in [-0.3, -0.25) is 0 Å². The maximum atomic E-state index is 13.0. The fourth-order valence-corrected chi connectivity index (χ4v) is 5.36. The lowest BCUT2D eigenvalue weighted by atomic mass is 10.1. The minimum Gasteiger partial charge on any atom is -0.369 e. The van der Waals surface area contributed by atoms with Gasteiger partial charge in [-0.15, -0.1) is 0 Å². The summed E-state index contributed by atoms with van der Waals surface area (Å²) in [6, 6.07) is 23.9. The van der Waals surface area contributed by atoms with Crippen LogP contribution in [0.15, 0.2) is 72.8 Å². The van der Waals surface area contributed by atoms with E-state index in [1.165, 1.54) is 5.39 Å². The largest absolute Gasteiger partial charge is 0.369 e. The summed E-state index contributed by atoms with van der Waals surface area (Å²) in [5.41, 5.74) is 4.99. The van der Waals surface area contributed by atoms with Crippen molar-refractivity contribution in [2.45, 2.75) is 6.42 Å². The Kier molecular flexibility index (Phi) is 5.46. The third-order valence-electron chi connectivity index (χ3n) is 6.88. The summed E-state index contributed by atoms with van der Waals surface area (Å²) in [6.07, 6.45) is 0.874. The van der Waals surface area contributed by atoms with Crippen molar-refractivity contribution < 1.29 is 4.79 Å². The van der Waals surface area contributed by atoms with E-state index in [9.17, 15) is 4.79 Å². The van der Waals surface area contributed by atoms with E-state index in [1.807, 2.05) is 53.4 Å². The van der Waals surface area contributed by atoms with Crippen molar-refractivity contribution in [2.75, 3.05) is 36.4 Å². The molecule has 6 nitrogen and oxygen atoms in total. The minimum absolute atomic E-state index is 0.0593. The lowest BCUT2D eigenvalue weighted by Crippen LogP contribution is -2.38. The monoisotopic (exact) mass is 483 g/mol. The lowest BCUT2D eigenvalue weighted by molar-refractivity contribution is 0.215. The maximum Gasteiger partial charge on any atom is 0.321 e. The first-order valence-electron chi connectivity index (χ1n) is 11.9. The first kappa shape index (κ1) is 21.7. The van der Waals surface area contributed by atoms with Crippen LogP contribution in [0.1, 0.15) is 6.42 Å². The van der Waals surface area contributed by atoms with Gasteiger partial charge in [0, 0.05) is 54.7 Å². The first-order valence-corrected chi connectivity index (χ1v) is 12.3. The molecule has 1 fully saturated rings. The second-order valence-corrected chi connectivity index (χ2v) is 9.46. The number of urea groups is 1. The van der Waals surface area contributed by atoms with E-state index < -0.39 is 0 Å². The van der Waals surface area contributed by atoms with Crippen LogP contribution in [0.5, 0.6) is 0 Å². The summed E-state index contributed by atoms with van der Waals surface area (Å²) in [6.45, 7) is 2.91. The van der Waals surface area contributed by atoms with Crippen LogP contribution < -0.4 is 10.2 Å². The highest BCUT2D eigenvalue weighted by atomic mass is 35.5. The van der Waals surface area contributed by atoms with Crippen LogP contribution in [-0.4, -0.2) is 46.7 Å². The van der Waals surface area contributed by atoms with Gasteiger partial charge in [0.15, 0.2) is 0 Å². The average molecular weight is 484 g/mol. The number of hydrogen-bond acceptors (Lipinski definition) is 3. The Balaban J connectivity index is 1.42. The summed E-state index contributed by atoms with van der Waals surface area (Å²) in [4.78, 5) is 22.3. The number of rotatable bonds is 2. The van der Waals surface area contributed by atoms with Crippen LogP contribution in [0.3, 0.4) is 0 Å². The highest BCUT2D eigenvalue weighted by Gasteiger charge is 2.25. The summed E-state index contributed by atoms with van der Waals surface area (Å²) < 4.78 is 2.17. The number of anilines is 2. The number of amides is 2. The molecule has 0 unspecified atom stereocenters. The first-order chi connectivity index (χ1) is 17.1. The van der Waals surface area contributed by atoms with E-state index in [4.69, 9.17) is 16.6 Å². The van der Waals surface area contributed by atoms with Gasteiger partial charge >= 0.3 is 6.03 Å². The zero-order chi connectivity index (χ0) is 23.9. The van der Waals surface area contributed by atoms with Gasteiger partial charge in [0.2, 0.25) is 0 Å². The van der Waals surface area contributed by atoms with Crippen LogP contribution in [-0.2, 0) is 7.05 Å². The number of aromatic nitrogens is 2. The van der Waals surface area contributed by atoms with E-state index >= 15 is 0 Å². The van der Waals surface area contributed by atoms with E-state index in [2.05, 4.69) is 46.1 Å². The Morgan fingerprint density at radius 3 is 2.57 bits per heavy atom. The summed E-state index contributed by atoms with van der Waals surface area (Å²) in [5.74, 6) is 0. The fourth-order valence-electron chi connectivity index (χ4n) is 5.18. The predicted molar refractivity (Wildman–Crippen MR) is 145 cm³/mol. The third kappa shape index (κ3) is 3.84. The maximum absolute atomic E-state index is 13.0. The molecule has 0 aliphatic carbocycles. The topological polar surface area (TPSA) is 53.4 Å². The molecule has 1 aliphatic heterocycles. The lowest BCUT2D eigenvalue weighted by Gasteiger charge is -2.26. The highest BCUT2D eigenvalue weighted by Crippen LogP contribution is 2.40. The summed E-state index contributed by atoms with van der Waals surface area (Å²) in [5, 5.41) is 7.08. The number of halogens is 1. The Bertz CT molecular complexity index is 1560. The Hall–Kier alpha value is -3.77. The molecule has 1 aliphatic rings. The average Bonchev–Trinajstić information content (AvgIpc) is 3.02. The van der Waals surface area contributed by atoms with Gasteiger partial charge in [0.05, 0.1) is 22.1 Å². The highest BCUT2D eigenvalue weighted by molar-refractivity contribution is 6.32. The number of hydrogen-bond donors (Lipinski definition) is 1. The third-order valence-corrected chi connectivity index (χ3v) is 7.11. The van der Waals surface area contributed by atoms with Crippen molar-refractivity contribution in [3.63, 3.8) is 0 Å². The van der Waals surface area contributed by atoms with Crippen LogP contribution in [0.25, 0.3) is 32.8 Å². The molecule has 1 saturated heterocycles. The quantitative estimate of drug-likeness (QED) is 0.321. The molecule has 0 atom stereocenters. The molecule has 2 amide bonds. The summed E-state index contributed by atoms with van der Waals surface area (Å²) in [7, 11) is 2.07. The molecule has 7 heteroatoms. The molecule has 0 bridgehead atoms. The molecule has 1 N–H and O–H groups in total. The number of benzene rings is 3. The zero-order valence-electron chi connectivity index (χ0n) is 19.5. The SMILES string of the molecule is Cn1c2ccccc2c2c(N3CCCN(C(=O)Nc4ccccc4)CC3)c3cc(Cl)ccc3nc21. The molecule has 6 rings (SSSR count). The molecule has 2 aromatic heterocycles. The number of aryl methyl sites for hydroxylation is 1. The van der Waals surface area contributed by atoms with Crippen molar-refractivity contribution in [1.82, 2.24) is 14.5 Å².